The van der Waals surface area contributed by atoms with Gasteiger partial charge in [-0.1, -0.05) is 63.5 Å². The van der Waals surface area contributed by atoms with Gasteiger partial charge in [-0.3, -0.25) is 0 Å². The van der Waals surface area contributed by atoms with Gasteiger partial charge < -0.3 is 9.47 Å². The minimum Gasteiger partial charge on any atom is -0.377 e. The van der Waals surface area contributed by atoms with Crippen molar-refractivity contribution in [1.82, 2.24) is 0 Å². The fourth-order valence-electron chi connectivity index (χ4n) is 5.22. The van der Waals surface area contributed by atoms with Gasteiger partial charge >= 0.3 is 0 Å². The van der Waals surface area contributed by atoms with Crippen molar-refractivity contribution < 1.29 is 9.47 Å². The Morgan fingerprint density at radius 3 is 2.00 bits per heavy atom. The first-order valence-electron chi connectivity index (χ1n) is 11.2. The van der Waals surface area contributed by atoms with Gasteiger partial charge in [0.05, 0.1) is 19.8 Å². The second kappa shape index (κ2) is 13.6. The Labute approximate surface area is 162 Å². The summed E-state index contributed by atoms with van der Waals surface area (Å²) in [4.78, 5) is 0. The monoisotopic (exact) mass is 362 g/mol. The van der Waals surface area contributed by atoms with Crippen LogP contribution in [0, 0.1) is 23.7 Å². The van der Waals surface area contributed by atoms with Crippen molar-refractivity contribution >= 4 is 0 Å². The third kappa shape index (κ3) is 7.96. The van der Waals surface area contributed by atoms with Crippen LogP contribution in [0.4, 0.5) is 0 Å². The van der Waals surface area contributed by atoms with E-state index in [1.165, 1.54) is 77.0 Å². The summed E-state index contributed by atoms with van der Waals surface area (Å²) in [5, 5.41) is 0. The molecule has 0 N–H and O–H groups in total. The first-order valence-corrected chi connectivity index (χ1v) is 11.2. The fraction of sp³-hybridized carbons (Fsp3) is 0.833. The van der Waals surface area contributed by atoms with Gasteiger partial charge in [-0.15, -0.1) is 13.2 Å². The summed E-state index contributed by atoms with van der Waals surface area (Å²) in [6, 6.07) is 0. The van der Waals surface area contributed by atoms with E-state index in [2.05, 4.69) is 13.2 Å². The van der Waals surface area contributed by atoms with Gasteiger partial charge in [-0.2, -0.15) is 0 Å². The van der Waals surface area contributed by atoms with E-state index >= 15 is 0 Å². The molecule has 2 rings (SSSR count). The summed E-state index contributed by atoms with van der Waals surface area (Å²) in [6.45, 7) is 10.8. The standard InChI is InChI=1S/C24H42O2/c1-3-17-25-19-21-11-10-14-23(20-26-18-4-2)24(16-15-21)22-12-8-6-5-7-9-13-22/h3-4,21-24H,1-2,5-20H2. The summed E-state index contributed by atoms with van der Waals surface area (Å²) in [5.41, 5.74) is 0. The zero-order chi connectivity index (χ0) is 18.5. The Morgan fingerprint density at radius 1 is 0.654 bits per heavy atom. The lowest BCUT2D eigenvalue weighted by Crippen LogP contribution is -2.31. The third-order valence-electron chi connectivity index (χ3n) is 6.61. The van der Waals surface area contributed by atoms with E-state index in [1.54, 1.807) is 0 Å². The molecule has 0 saturated heterocycles. The molecule has 2 nitrogen and oxygen atoms in total. The molecule has 2 aliphatic carbocycles. The maximum Gasteiger partial charge on any atom is 0.0644 e. The largest absolute Gasteiger partial charge is 0.377 e. The van der Waals surface area contributed by atoms with Crippen LogP contribution in [-0.2, 0) is 9.47 Å². The molecular formula is C24H42O2. The molecule has 0 spiro atoms. The van der Waals surface area contributed by atoms with Gasteiger partial charge in [-0.05, 0) is 49.4 Å². The normalized spacial score (nSPS) is 29.2. The van der Waals surface area contributed by atoms with Gasteiger partial charge in [0.15, 0.2) is 0 Å². The van der Waals surface area contributed by atoms with Crippen LogP contribution in [0.15, 0.2) is 25.3 Å². The molecule has 0 amide bonds. The molecule has 2 aliphatic rings. The molecule has 2 fully saturated rings. The van der Waals surface area contributed by atoms with Gasteiger partial charge in [-0.25, -0.2) is 0 Å². The van der Waals surface area contributed by atoms with Crippen LogP contribution in [0.1, 0.15) is 77.0 Å². The van der Waals surface area contributed by atoms with Crippen molar-refractivity contribution in [2.24, 2.45) is 23.7 Å². The quantitative estimate of drug-likeness (QED) is 0.341. The minimum absolute atomic E-state index is 0.695. The van der Waals surface area contributed by atoms with Crippen LogP contribution in [0.3, 0.4) is 0 Å². The Kier molecular flexibility index (Phi) is 11.3. The van der Waals surface area contributed by atoms with Crippen LogP contribution in [-0.4, -0.2) is 26.4 Å². The van der Waals surface area contributed by atoms with E-state index in [9.17, 15) is 0 Å². The predicted octanol–water partition coefficient (Wildman–Crippen LogP) is 6.56. The Balaban J connectivity index is 1.96. The molecular weight excluding hydrogens is 320 g/mol. The van der Waals surface area contributed by atoms with E-state index in [-0.39, 0.29) is 0 Å². The second-order valence-corrected chi connectivity index (χ2v) is 8.56. The fourth-order valence-corrected chi connectivity index (χ4v) is 5.22. The smallest absolute Gasteiger partial charge is 0.0644 e. The van der Waals surface area contributed by atoms with Gasteiger partial charge in [0.2, 0.25) is 0 Å². The molecule has 150 valence electrons. The first kappa shape index (κ1) is 21.7. The molecule has 0 aromatic carbocycles. The highest BCUT2D eigenvalue weighted by Crippen LogP contribution is 2.40. The highest BCUT2D eigenvalue weighted by molar-refractivity contribution is 4.82. The Hall–Kier alpha value is -0.600. The van der Waals surface area contributed by atoms with E-state index in [0.717, 1.165) is 36.9 Å². The average Bonchev–Trinajstić information content (AvgIpc) is 2.60. The zero-order valence-corrected chi connectivity index (χ0v) is 17.0. The van der Waals surface area contributed by atoms with E-state index < -0.39 is 0 Å². The van der Waals surface area contributed by atoms with Crippen LogP contribution >= 0.6 is 0 Å². The predicted molar refractivity (Wildman–Crippen MR) is 111 cm³/mol. The number of rotatable bonds is 9. The second-order valence-electron chi connectivity index (χ2n) is 8.56. The summed E-state index contributed by atoms with van der Waals surface area (Å²) >= 11 is 0. The molecule has 2 saturated carbocycles. The van der Waals surface area contributed by atoms with Crippen LogP contribution in [0.2, 0.25) is 0 Å². The molecule has 0 radical (unpaired) electrons. The van der Waals surface area contributed by atoms with Crippen molar-refractivity contribution in [2.75, 3.05) is 26.4 Å². The summed E-state index contributed by atoms with van der Waals surface area (Å²) in [5.74, 6) is 3.25. The third-order valence-corrected chi connectivity index (χ3v) is 6.61. The number of ether oxygens (including phenoxy) is 2. The van der Waals surface area contributed by atoms with Crippen LogP contribution < -0.4 is 0 Å². The lowest BCUT2D eigenvalue weighted by Gasteiger charge is -2.38. The zero-order valence-electron chi connectivity index (χ0n) is 17.0. The average molecular weight is 363 g/mol. The van der Waals surface area contributed by atoms with Crippen LogP contribution in [0.5, 0.6) is 0 Å². The Bertz CT molecular complexity index is 370. The maximum absolute atomic E-state index is 5.95. The van der Waals surface area contributed by atoms with E-state index in [0.29, 0.717) is 13.2 Å². The topological polar surface area (TPSA) is 18.5 Å². The summed E-state index contributed by atoms with van der Waals surface area (Å²) < 4.78 is 11.7. The van der Waals surface area contributed by atoms with Gasteiger partial charge in [0, 0.05) is 6.61 Å². The molecule has 0 aromatic rings. The van der Waals surface area contributed by atoms with Gasteiger partial charge in [0.1, 0.15) is 0 Å². The van der Waals surface area contributed by atoms with Crippen LogP contribution in [0.25, 0.3) is 0 Å². The van der Waals surface area contributed by atoms with Crippen molar-refractivity contribution in [3.05, 3.63) is 25.3 Å². The summed E-state index contributed by atoms with van der Waals surface area (Å²) in [7, 11) is 0. The van der Waals surface area contributed by atoms with Crippen molar-refractivity contribution in [2.45, 2.75) is 77.0 Å². The highest BCUT2D eigenvalue weighted by Gasteiger charge is 2.31. The lowest BCUT2D eigenvalue weighted by molar-refractivity contribution is 0.0403. The molecule has 3 unspecified atom stereocenters. The van der Waals surface area contributed by atoms with E-state index in [4.69, 9.17) is 9.47 Å². The first-order chi connectivity index (χ1) is 12.8. The molecule has 2 heteroatoms. The maximum atomic E-state index is 5.95. The van der Waals surface area contributed by atoms with Crippen molar-refractivity contribution in [3.8, 4) is 0 Å². The molecule has 3 atom stereocenters. The molecule has 0 aliphatic heterocycles. The number of hydrogen-bond donors (Lipinski definition) is 0. The molecule has 0 aromatic heterocycles. The highest BCUT2D eigenvalue weighted by atomic mass is 16.5. The minimum atomic E-state index is 0.695. The summed E-state index contributed by atoms with van der Waals surface area (Å²) in [6.07, 6.45) is 20.5. The molecule has 0 bridgehead atoms. The van der Waals surface area contributed by atoms with Crippen molar-refractivity contribution in [3.63, 3.8) is 0 Å². The molecule has 0 heterocycles. The lowest BCUT2D eigenvalue weighted by atomic mass is 9.69. The SMILES string of the molecule is C=CCOCC1CCCC(COCC=C)C(C2CCCCCCC2)CC1. The van der Waals surface area contributed by atoms with Gasteiger partial charge in [0.25, 0.3) is 0 Å². The van der Waals surface area contributed by atoms with Crippen molar-refractivity contribution in [1.29, 1.82) is 0 Å². The Morgan fingerprint density at radius 2 is 1.31 bits per heavy atom. The number of hydrogen-bond acceptors (Lipinski definition) is 2. The molecule has 26 heavy (non-hydrogen) atoms. The van der Waals surface area contributed by atoms with E-state index in [1.807, 2.05) is 12.2 Å².